The molecule has 0 aliphatic carbocycles. The second-order valence-corrected chi connectivity index (χ2v) is 12.1. The van der Waals surface area contributed by atoms with Crippen LogP contribution in [0.3, 0.4) is 0 Å². The summed E-state index contributed by atoms with van der Waals surface area (Å²) in [4.78, 5) is 0. The lowest BCUT2D eigenvalue weighted by Crippen LogP contribution is -2.02. The molecule has 0 spiro atoms. The van der Waals surface area contributed by atoms with Crippen LogP contribution in [-0.2, 0) is 0 Å². The van der Waals surface area contributed by atoms with Crippen molar-refractivity contribution < 1.29 is 9.47 Å². The molecule has 0 unspecified atom stereocenters. The average molecular weight is 651 g/mol. The first kappa shape index (κ1) is 32.9. The maximum atomic E-state index is 6.28. The summed E-state index contributed by atoms with van der Waals surface area (Å²) in [5.74, 6) is 1.80. The number of benzene rings is 2. The summed E-state index contributed by atoms with van der Waals surface area (Å²) in [6, 6.07) is 12.6. The van der Waals surface area contributed by atoms with E-state index in [2.05, 4.69) is 94.3 Å². The topological polar surface area (TPSA) is 18.5 Å². The fourth-order valence-corrected chi connectivity index (χ4v) is 5.21. The largest absolute Gasteiger partial charge is 0.493 e. The molecule has 2 aromatic rings. The molecule has 0 amide bonds. The Morgan fingerprint density at radius 1 is 0.553 bits per heavy atom. The van der Waals surface area contributed by atoms with Crippen molar-refractivity contribution >= 4 is 44.0 Å². The van der Waals surface area contributed by atoms with Gasteiger partial charge in [-0.3, -0.25) is 0 Å². The molecular formula is C34H50Br2O2. The van der Waals surface area contributed by atoms with Gasteiger partial charge in [0, 0.05) is 10.0 Å². The number of halogens is 2. The second kappa shape index (κ2) is 21.5. The first-order valence-electron chi connectivity index (χ1n) is 15.2. The van der Waals surface area contributed by atoms with E-state index in [4.69, 9.17) is 9.47 Å². The predicted molar refractivity (Wildman–Crippen MR) is 173 cm³/mol. The molecule has 0 atom stereocenters. The van der Waals surface area contributed by atoms with Crippen LogP contribution in [0.2, 0.25) is 0 Å². The Balaban J connectivity index is 1.90. The van der Waals surface area contributed by atoms with Crippen molar-refractivity contribution in [1.82, 2.24) is 0 Å². The number of hydrogen-bond acceptors (Lipinski definition) is 2. The van der Waals surface area contributed by atoms with Crippen LogP contribution in [0.4, 0.5) is 0 Å². The zero-order valence-corrected chi connectivity index (χ0v) is 27.1. The van der Waals surface area contributed by atoms with Crippen LogP contribution < -0.4 is 9.47 Å². The molecule has 212 valence electrons. The molecule has 2 aromatic carbocycles. The van der Waals surface area contributed by atoms with E-state index in [1.165, 1.54) is 89.9 Å². The van der Waals surface area contributed by atoms with Crippen molar-refractivity contribution in [1.29, 1.82) is 0 Å². The molecule has 38 heavy (non-hydrogen) atoms. The molecule has 0 bridgehead atoms. The second-order valence-electron chi connectivity index (χ2n) is 10.4. The highest BCUT2D eigenvalue weighted by molar-refractivity contribution is 9.10. The maximum absolute atomic E-state index is 6.28. The van der Waals surface area contributed by atoms with Crippen molar-refractivity contribution in [3.05, 3.63) is 56.5 Å². The average Bonchev–Trinajstić information content (AvgIpc) is 2.92. The minimum absolute atomic E-state index is 0.749. The van der Waals surface area contributed by atoms with Crippen LogP contribution in [0.25, 0.3) is 12.2 Å². The van der Waals surface area contributed by atoms with Crippen molar-refractivity contribution in [2.24, 2.45) is 0 Å². The smallest absolute Gasteiger partial charge is 0.134 e. The van der Waals surface area contributed by atoms with Gasteiger partial charge in [-0.25, -0.2) is 0 Å². The van der Waals surface area contributed by atoms with Crippen molar-refractivity contribution in [2.45, 2.75) is 117 Å². The summed E-state index contributed by atoms with van der Waals surface area (Å²) in [7, 11) is 0. The van der Waals surface area contributed by atoms with Crippen LogP contribution in [0.5, 0.6) is 11.5 Å². The molecule has 2 rings (SSSR count). The molecule has 0 heterocycles. The molecule has 0 saturated heterocycles. The monoisotopic (exact) mass is 648 g/mol. The van der Waals surface area contributed by atoms with Gasteiger partial charge in [0.05, 0.1) is 17.7 Å². The number of rotatable bonds is 22. The van der Waals surface area contributed by atoms with E-state index < -0.39 is 0 Å². The molecule has 0 aliphatic heterocycles. The Bertz CT molecular complexity index is 892. The van der Waals surface area contributed by atoms with E-state index in [1.807, 2.05) is 0 Å². The molecule has 2 nitrogen and oxygen atoms in total. The molecular weight excluding hydrogens is 600 g/mol. The number of hydrogen-bond donors (Lipinski definition) is 0. The molecule has 0 aromatic heterocycles. The fraction of sp³-hybridized carbons (Fsp3) is 0.588. The van der Waals surface area contributed by atoms with Crippen LogP contribution in [0.15, 0.2) is 45.3 Å². The first-order valence-corrected chi connectivity index (χ1v) is 16.8. The van der Waals surface area contributed by atoms with Crippen LogP contribution in [-0.4, -0.2) is 13.2 Å². The zero-order chi connectivity index (χ0) is 27.3. The third kappa shape index (κ3) is 14.8. The van der Waals surface area contributed by atoms with Gasteiger partial charge in [0.1, 0.15) is 11.5 Å². The highest BCUT2D eigenvalue weighted by Crippen LogP contribution is 2.35. The summed E-state index contributed by atoms with van der Waals surface area (Å²) >= 11 is 7.25. The molecule has 0 N–H and O–H groups in total. The van der Waals surface area contributed by atoms with E-state index in [0.717, 1.165) is 57.6 Å². The Morgan fingerprint density at radius 3 is 1.55 bits per heavy atom. The van der Waals surface area contributed by atoms with Crippen LogP contribution in [0, 0.1) is 0 Å². The van der Waals surface area contributed by atoms with E-state index in [9.17, 15) is 0 Å². The summed E-state index contributed by atoms with van der Waals surface area (Å²) in [6.07, 6.45) is 25.1. The lowest BCUT2D eigenvalue weighted by Gasteiger charge is -2.14. The van der Waals surface area contributed by atoms with Gasteiger partial charge >= 0.3 is 0 Å². The summed E-state index contributed by atoms with van der Waals surface area (Å²) in [5, 5.41) is 0. The van der Waals surface area contributed by atoms with Gasteiger partial charge in [0.2, 0.25) is 0 Å². The SMILES string of the molecule is CCCCCCCCCCOc1cc(C=Cc2ccc(Br)cc2)c(OCCCCCCCCCC)cc1Br. The first-order chi connectivity index (χ1) is 18.6. The minimum Gasteiger partial charge on any atom is -0.493 e. The molecule has 0 radical (unpaired) electrons. The van der Waals surface area contributed by atoms with E-state index in [0.29, 0.717) is 0 Å². The van der Waals surface area contributed by atoms with Crippen molar-refractivity contribution in [3.63, 3.8) is 0 Å². The van der Waals surface area contributed by atoms with Crippen LogP contribution >= 0.6 is 31.9 Å². The highest BCUT2D eigenvalue weighted by Gasteiger charge is 2.10. The Labute approximate surface area is 250 Å². The Kier molecular flexibility index (Phi) is 18.7. The summed E-state index contributed by atoms with van der Waals surface area (Å²) < 4.78 is 14.5. The minimum atomic E-state index is 0.749. The lowest BCUT2D eigenvalue weighted by atomic mass is 10.1. The quantitative estimate of drug-likeness (QED) is 0.0933. The Morgan fingerprint density at radius 2 is 1.03 bits per heavy atom. The lowest BCUT2D eigenvalue weighted by molar-refractivity contribution is 0.294. The van der Waals surface area contributed by atoms with Gasteiger partial charge in [0.15, 0.2) is 0 Å². The number of unbranched alkanes of at least 4 members (excludes halogenated alkanes) is 14. The highest BCUT2D eigenvalue weighted by atomic mass is 79.9. The van der Waals surface area contributed by atoms with E-state index >= 15 is 0 Å². The van der Waals surface area contributed by atoms with Crippen LogP contribution in [0.1, 0.15) is 128 Å². The molecule has 0 saturated carbocycles. The van der Waals surface area contributed by atoms with E-state index in [-0.39, 0.29) is 0 Å². The molecule has 4 heteroatoms. The van der Waals surface area contributed by atoms with Gasteiger partial charge in [-0.2, -0.15) is 0 Å². The zero-order valence-electron chi connectivity index (χ0n) is 23.9. The summed E-state index contributed by atoms with van der Waals surface area (Å²) in [5.41, 5.74) is 2.22. The van der Waals surface area contributed by atoms with Crippen molar-refractivity contribution in [2.75, 3.05) is 13.2 Å². The van der Waals surface area contributed by atoms with Gasteiger partial charge in [-0.15, -0.1) is 0 Å². The normalized spacial score (nSPS) is 11.4. The standard InChI is InChI=1S/C34H50Br2O2/c1-3-5-7-9-11-13-15-17-25-37-33-28-32(36)34(38-26-18-16-14-12-10-8-6-4-2)27-30(33)22-19-29-20-23-31(35)24-21-29/h19-24,27-28H,3-18,25-26H2,1-2H3. The predicted octanol–water partition coefficient (Wildman–Crippen LogP) is 12.4. The summed E-state index contributed by atoms with van der Waals surface area (Å²) in [6.45, 7) is 6.04. The third-order valence-corrected chi connectivity index (χ3v) is 8.05. The molecule has 0 fully saturated rings. The Hall–Kier alpha value is -1.26. The van der Waals surface area contributed by atoms with Crippen molar-refractivity contribution in [3.8, 4) is 11.5 Å². The number of ether oxygens (including phenoxy) is 2. The van der Waals surface area contributed by atoms with Gasteiger partial charge in [-0.05, 0) is 58.6 Å². The van der Waals surface area contributed by atoms with E-state index in [1.54, 1.807) is 0 Å². The van der Waals surface area contributed by atoms with Gasteiger partial charge < -0.3 is 9.47 Å². The van der Waals surface area contributed by atoms with Gasteiger partial charge in [-0.1, -0.05) is 144 Å². The fourth-order valence-electron chi connectivity index (χ4n) is 4.51. The molecule has 0 aliphatic rings. The maximum Gasteiger partial charge on any atom is 0.134 e. The van der Waals surface area contributed by atoms with Gasteiger partial charge in [0.25, 0.3) is 0 Å². The third-order valence-electron chi connectivity index (χ3n) is 6.90.